The molecule has 2 aliphatic rings. The van der Waals surface area contributed by atoms with E-state index in [0.29, 0.717) is 11.6 Å². The summed E-state index contributed by atoms with van der Waals surface area (Å²) < 4.78 is 0. The van der Waals surface area contributed by atoms with Crippen LogP contribution in [0.25, 0.3) is 0 Å². The number of halogens is 1. The number of benzene rings is 1. The number of hydrogen-bond donors (Lipinski definition) is 1. The molecule has 4 rings (SSSR count). The first kappa shape index (κ1) is 20.4. The van der Waals surface area contributed by atoms with Gasteiger partial charge in [-0.2, -0.15) is 0 Å². The van der Waals surface area contributed by atoms with Gasteiger partial charge in [0.2, 0.25) is 11.8 Å². The molecule has 2 amide bonds. The Morgan fingerprint density at radius 2 is 2.17 bits per heavy atom. The summed E-state index contributed by atoms with van der Waals surface area (Å²) in [6.07, 6.45) is 6.77. The van der Waals surface area contributed by atoms with E-state index in [1.54, 1.807) is 18.0 Å². The van der Waals surface area contributed by atoms with Gasteiger partial charge in [0.05, 0.1) is 22.7 Å². The Morgan fingerprint density at radius 1 is 1.34 bits per heavy atom. The van der Waals surface area contributed by atoms with Crippen LogP contribution in [0.15, 0.2) is 24.3 Å². The van der Waals surface area contributed by atoms with Crippen LogP contribution in [0.4, 0.5) is 0 Å². The molecular weight excluding hydrogens is 406 g/mol. The highest BCUT2D eigenvalue weighted by molar-refractivity contribution is 7.11. The third-order valence-corrected chi connectivity index (χ3v) is 7.32. The topological polar surface area (TPSA) is 62.3 Å². The van der Waals surface area contributed by atoms with Gasteiger partial charge in [0.1, 0.15) is 0 Å². The van der Waals surface area contributed by atoms with Crippen LogP contribution in [0, 0.1) is 5.92 Å². The van der Waals surface area contributed by atoms with Gasteiger partial charge in [-0.3, -0.25) is 9.59 Å². The van der Waals surface area contributed by atoms with Crippen LogP contribution < -0.4 is 5.32 Å². The lowest BCUT2D eigenvalue weighted by Gasteiger charge is -2.25. The average molecular weight is 432 g/mol. The SMILES string of the molecule is CN1C(=O)CC(C(=O)NCCCc2nc3c(s2)CCCC3)C1c1cccc(Cl)c1. The highest BCUT2D eigenvalue weighted by Crippen LogP contribution is 2.37. The van der Waals surface area contributed by atoms with Gasteiger partial charge in [0.15, 0.2) is 0 Å². The molecule has 5 nitrogen and oxygen atoms in total. The Morgan fingerprint density at radius 3 is 2.97 bits per heavy atom. The number of carbonyl (C=O) groups excluding carboxylic acids is 2. The lowest BCUT2D eigenvalue weighted by atomic mass is 9.93. The van der Waals surface area contributed by atoms with Crippen molar-refractivity contribution in [3.63, 3.8) is 0 Å². The van der Waals surface area contributed by atoms with Crippen molar-refractivity contribution in [1.29, 1.82) is 0 Å². The zero-order chi connectivity index (χ0) is 20.4. The average Bonchev–Trinajstić information content (AvgIpc) is 3.25. The normalized spacial score (nSPS) is 21.3. The number of nitrogens with one attached hydrogen (secondary N) is 1. The fourth-order valence-electron chi connectivity index (χ4n) is 4.35. The molecule has 7 heteroatoms. The van der Waals surface area contributed by atoms with Crippen LogP contribution in [0.3, 0.4) is 0 Å². The molecular formula is C22H26ClN3O2S. The minimum Gasteiger partial charge on any atom is -0.356 e. The van der Waals surface area contributed by atoms with Gasteiger partial charge >= 0.3 is 0 Å². The summed E-state index contributed by atoms with van der Waals surface area (Å²) in [6, 6.07) is 7.15. The zero-order valence-corrected chi connectivity index (χ0v) is 18.2. The summed E-state index contributed by atoms with van der Waals surface area (Å²) in [5.74, 6) is -0.465. The van der Waals surface area contributed by atoms with Crippen LogP contribution in [0.5, 0.6) is 0 Å². The van der Waals surface area contributed by atoms with Crippen molar-refractivity contribution in [2.24, 2.45) is 5.92 Å². The van der Waals surface area contributed by atoms with E-state index < -0.39 is 5.92 Å². The molecule has 2 heterocycles. The predicted molar refractivity (Wildman–Crippen MR) is 115 cm³/mol. The van der Waals surface area contributed by atoms with E-state index in [1.165, 1.54) is 28.4 Å². The van der Waals surface area contributed by atoms with Gasteiger partial charge in [0, 0.05) is 36.3 Å². The summed E-state index contributed by atoms with van der Waals surface area (Å²) in [4.78, 5) is 33.0. The number of aryl methyl sites for hydroxylation is 3. The highest BCUT2D eigenvalue weighted by atomic mass is 35.5. The molecule has 0 bridgehead atoms. The number of likely N-dealkylation sites (tertiary alicyclic amines) is 1. The lowest BCUT2D eigenvalue weighted by molar-refractivity contribution is -0.128. The maximum atomic E-state index is 12.8. The third-order valence-electron chi connectivity index (χ3n) is 5.87. The van der Waals surface area contributed by atoms with Gasteiger partial charge < -0.3 is 10.2 Å². The molecule has 154 valence electrons. The molecule has 29 heavy (non-hydrogen) atoms. The van der Waals surface area contributed by atoms with Crippen molar-refractivity contribution >= 4 is 34.8 Å². The van der Waals surface area contributed by atoms with Crippen molar-refractivity contribution < 1.29 is 9.59 Å². The Bertz CT molecular complexity index is 890. The van der Waals surface area contributed by atoms with Crippen LogP contribution in [0.2, 0.25) is 5.02 Å². The number of thiazole rings is 1. The number of fused-ring (bicyclic) bond motifs is 1. The van der Waals surface area contributed by atoms with Gasteiger partial charge in [-0.15, -0.1) is 11.3 Å². The summed E-state index contributed by atoms with van der Waals surface area (Å²) >= 11 is 7.96. The monoisotopic (exact) mass is 431 g/mol. The molecule has 2 aromatic rings. The second kappa shape index (κ2) is 8.84. The van der Waals surface area contributed by atoms with Gasteiger partial charge in [-0.1, -0.05) is 23.7 Å². The fraction of sp³-hybridized carbons (Fsp3) is 0.500. The summed E-state index contributed by atoms with van der Waals surface area (Å²) in [6.45, 7) is 0.597. The second-order valence-electron chi connectivity index (χ2n) is 7.89. The summed E-state index contributed by atoms with van der Waals surface area (Å²) in [5, 5.41) is 4.83. The number of amides is 2. The smallest absolute Gasteiger partial charge is 0.226 e. The molecule has 1 aromatic heterocycles. The number of carbonyl (C=O) groups is 2. The molecule has 2 atom stereocenters. The first-order chi connectivity index (χ1) is 14.0. The number of aromatic nitrogens is 1. The van der Waals surface area contributed by atoms with Crippen LogP contribution in [-0.2, 0) is 28.9 Å². The Balaban J connectivity index is 1.33. The van der Waals surface area contributed by atoms with Crippen molar-refractivity contribution in [2.75, 3.05) is 13.6 Å². The lowest BCUT2D eigenvalue weighted by Crippen LogP contribution is -2.35. The van der Waals surface area contributed by atoms with Crippen molar-refractivity contribution in [2.45, 2.75) is 51.0 Å². The molecule has 1 N–H and O–H groups in total. The van der Waals surface area contributed by atoms with E-state index in [-0.39, 0.29) is 24.3 Å². The Kier molecular flexibility index (Phi) is 6.20. The van der Waals surface area contributed by atoms with Crippen molar-refractivity contribution in [3.8, 4) is 0 Å². The minimum atomic E-state index is -0.391. The number of rotatable bonds is 6. The molecule has 1 aromatic carbocycles. The first-order valence-corrected chi connectivity index (χ1v) is 11.5. The van der Waals surface area contributed by atoms with Crippen LogP contribution in [0.1, 0.15) is 52.9 Å². The minimum absolute atomic E-state index is 0.0107. The zero-order valence-electron chi connectivity index (χ0n) is 16.6. The van der Waals surface area contributed by atoms with Crippen LogP contribution in [-0.4, -0.2) is 35.3 Å². The molecule has 1 aliphatic heterocycles. The van der Waals surface area contributed by atoms with Gasteiger partial charge in [-0.25, -0.2) is 4.98 Å². The Labute approximate surface area is 180 Å². The predicted octanol–water partition coefficient (Wildman–Crippen LogP) is 3.94. The standard InChI is InChI=1S/C22H26ClN3O2S/c1-26-20(27)13-16(21(26)14-6-4-7-15(23)12-14)22(28)24-11-5-10-19-25-17-8-2-3-9-18(17)29-19/h4,6-7,12,16,21H,2-3,5,8-11,13H2,1H3,(H,24,28). The molecule has 1 fully saturated rings. The Hall–Kier alpha value is -1.92. The summed E-state index contributed by atoms with van der Waals surface area (Å²) in [5.41, 5.74) is 2.19. The van der Waals surface area contributed by atoms with Crippen molar-refractivity contribution in [1.82, 2.24) is 15.2 Å². The third kappa shape index (κ3) is 4.48. The maximum Gasteiger partial charge on any atom is 0.226 e. The second-order valence-corrected chi connectivity index (χ2v) is 9.50. The maximum absolute atomic E-state index is 12.8. The largest absolute Gasteiger partial charge is 0.356 e. The fourth-order valence-corrected chi connectivity index (χ4v) is 5.74. The highest BCUT2D eigenvalue weighted by Gasteiger charge is 2.42. The van der Waals surface area contributed by atoms with E-state index >= 15 is 0 Å². The number of nitrogens with zero attached hydrogens (tertiary/aromatic N) is 2. The molecule has 1 saturated heterocycles. The van der Waals surface area contributed by atoms with Gasteiger partial charge in [-0.05, 0) is 49.8 Å². The van der Waals surface area contributed by atoms with E-state index in [0.717, 1.165) is 31.2 Å². The molecule has 2 unspecified atom stereocenters. The van der Waals surface area contributed by atoms with E-state index in [1.807, 2.05) is 29.5 Å². The first-order valence-electron chi connectivity index (χ1n) is 10.3. The van der Waals surface area contributed by atoms with Crippen LogP contribution >= 0.6 is 22.9 Å². The number of hydrogen-bond acceptors (Lipinski definition) is 4. The molecule has 1 aliphatic carbocycles. The van der Waals surface area contributed by atoms with Gasteiger partial charge in [0.25, 0.3) is 0 Å². The molecule has 0 saturated carbocycles. The quantitative estimate of drug-likeness (QED) is 0.704. The molecule has 0 spiro atoms. The van der Waals surface area contributed by atoms with E-state index in [9.17, 15) is 9.59 Å². The summed E-state index contributed by atoms with van der Waals surface area (Å²) in [7, 11) is 1.76. The van der Waals surface area contributed by atoms with E-state index in [4.69, 9.17) is 16.6 Å². The molecule has 0 radical (unpaired) electrons. The van der Waals surface area contributed by atoms with Crippen molar-refractivity contribution in [3.05, 3.63) is 50.4 Å². The van der Waals surface area contributed by atoms with E-state index in [2.05, 4.69) is 5.32 Å².